The van der Waals surface area contributed by atoms with Crippen LogP contribution in [-0.2, 0) is 0 Å². The average molecular weight is 149 g/mol. The zero-order valence-corrected chi connectivity index (χ0v) is 6.02. The van der Waals surface area contributed by atoms with E-state index in [1.165, 1.54) is 0 Å². The van der Waals surface area contributed by atoms with Crippen LogP contribution in [0.15, 0.2) is 18.2 Å². The lowest BCUT2D eigenvalue weighted by atomic mass is 10.2. The normalized spacial score (nSPS) is 10.6. The van der Waals surface area contributed by atoms with E-state index in [2.05, 4.69) is 10.3 Å². The Kier molecular flexibility index (Phi) is 1.09. The van der Waals surface area contributed by atoms with Crippen LogP contribution in [0.5, 0.6) is 0 Å². The lowest BCUT2D eigenvalue weighted by molar-refractivity contribution is 0.155. The molecule has 1 heterocycles. The molecule has 11 heavy (non-hydrogen) atoms. The van der Waals surface area contributed by atoms with Crippen LogP contribution in [0.1, 0.15) is 5.56 Å². The topological polar surface area (TPSA) is 50.9 Å². The van der Waals surface area contributed by atoms with Crippen molar-refractivity contribution < 1.29 is 5.21 Å². The van der Waals surface area contributed by atoms with E-state index in [4.69, 9.17) is 5.21 Å². The van der Waals surface area contributed by atoms with Crippen LogP contribution in [-0.4, -0.2) is 20.4 Å². The van der Waals surface area contributed by atoms with Gasteiger partial charge in [0.15, 0.2) is 0 Å². The predicted octanol–water partition coefficient (Wildman–Crippen LogP) is 0.977. The van der Waals surface area contributed by atoms with E-state index in [0.717, 1.165) is 10.4 Å². The van der Waals surface area contributed by atoms with Crippen molar-refractivity contribution in [1.29, 1.82) is 0 Å². The van der Waals surface area contributed by atoms with Gasteiger partial charge in [-0.2, -0.15) is 0 Å². The van der Waals surface area contributed by atoms with Crippen LogP contribution in [0, 0.1) is 6.92 Å². The van der Waals surface area contributed by atoms with Crippen molar-refractivity contribution in [2.45, 2.75) is 6.92 Å². The van der Waals surface area contributed by atoms with Crippen molar-refractivity contribution in [3.8, 4) is 0 Å². The number of aryl methyl sites for hydroxylation is 1. The standard InChI is InChI=1S/C7H7N3O/c1-5-2-3-7-6(4-5)8-9-10(7)11/h2-4,11H,1H3. The molecule has 0 aliphatic heterocycles. The van der Waals surface area contributed by atoms with E-state index in [9.17, 15) is 0 Å². The van der Waals surface area contributed by atoms with Gasteiger partial charge in [-0.1, -0.05) is 10.9 Å². The molecule has 0 spiro atoms. The van der Waals surface area contributed by atoms with Crippen molar-refractivity contribution in [2.75, 3.05) is 0 Å². The molecule has 1 N–H and O–H groups in total. The van der Waals surface area contributed by atoms with Gasteiger partial charge in [0.2, 0.25) is 0 Å². The summed E-state index contributed by atoms with van der Waals surface area (Å²) in [5.41, 5.74) is 2.46. The minimum atomic E-state index is 0.635. The summed E-state index contributed by atoms with van der Waals surface area (Å²) in [6.07, 6.45) is 0. The summed E-state index contributed by atoms with van der Waals surface area (Å²) in [7, 11) is 0. The maximum atomic E-state index is 9.05. The van der Waals surface area contributed by atoms with Crippen LogP contribution in [0.25, 0.3) is 11.0 Å². The molecule has 0 bridgehead atoms. The van der Waals surface area contributed by atoms with Crippen molar-refractivity contribution in [2.24, 2.45) is 0 Å². The number of benzene rings is 1. The Hall–Kier alpha value is -1.58. The first kappa shape index (κ1) is 6.15. The molecule has 0 amide bonds. The molecular formula is C7H7N3O. The van der Waals surface area contributed by atoms with E-state index < -0.39 is 0 Å². The van der Waals surface area contributed by atoms with E-state index in [-0.39, 0.29) is 0 Å². The van der Waals surface area contributed by atoms with Crippen molar-refractivity contribution >= 4 is 11.0 Å². The smallest absolute Gasteiger partial charge is 0.130 e. The Morgan fingerprint density at radius 3 is 3.09 bits per heavy atom. The summed E-state index contributed by atoms with van der Waals surface area (Å²) in [4.78, 5) is 0.773. The molecular weight excluding hydrogens is 142 g/mol. The highest BCUT2D eigenvalue weighted by Gasteiger charge is 2.00. The fraction of sp³-hybridized carbons (Fsp3) is 0.143. The molecule has 1 aromatic carbocycles. The molecule has 0 saturated heterocycles. The lowest BCUT2D eigenvalue weighted by Gasteiger charge is -1.90. The molecule has 0 fully saturated rings. The highest BCUT2D eigenvalue weighted by atomic mass is 16.5. The molecule has 0 radical (unpaired) electrons. The second kappa shape index (κ2) is 1.95. The Morgan fingerprint density at radius 2 is 2.27 bits per heavy atom. The fourth-order valence-electron chi connectivity index (χ4n) is 1.02. The average Bonchev–Trinajstić information content (AvgIpc) is 2.32. The zero-order valence-electron chi connectivity index (χ0n) is 6.02. The monoisotopic (exact) mass is 149 g/mol. The minimum Gasteiger partial charge on any atom is -0.410 e. The Labute approximate surface area is 63.0 Å². The van der Waals surface area contributed by atoms with Gasteiger partial charge in [-0.15, -0.1) is 5.10 Å². The Balaban J connectivity index is 2.86. The van der Waals surface area contributed by atoms with Gasteiger partial charge in [0.25, 0.3) is 0 Å². The first-order valence-corrected chi connectivity index (χ1v) is 3.29. The highest BCUT2D eigenvalue weighted by Crippen LogP contribution is 2.10. The van der Waals surface area contributed by atoms with E-state index >= 15 is 0 Å². The third kappa shape index (κ3) is 0.832. The molecule has 0 aliphatic rings. The van der Waals surface area contributed by atoms with Gasteiger partial charge >= 0.3 is 0 Å². The molecule has 0 saturated carbocycles. The number of hydrogen-bond donors (Lipinski definition) is 1. The second-order valence-electron chi connectivity index (χ2n) is 2.47. The Morgan fingerprint density at radius 1 is 1.45 bits per heavy atom. The lowest BCUT2D eigenvalue weighted by Crippen LogP contribution is -1.90. The number of fused-ring (bicyclic) bond motifs is 1. The summed E-state index contributed by atoms with van der Waals surface area (Å²) >= 11 is 0. The summed E-state index contributed by atoms with van der Waals surface area (Å²) in [5.74, 6) is 0. The molecule has 4 heteroatoms. The van der Waals surface area contributed by atoms with E-state index in [1.54, 1.807) is 6.07 Å². The first-order valence-electron chi connectivity index (χ1n) is 3.29. The molecule has 2 aromatic rings. The van der Waals surface area contributed by atoms with E-state index in [1.807, 2.05) is 19.1 Å². The highest BCUT2D eigenvalue weighted by molar-refractivity contribution is 5.74. The minimum absolute atomic E-state index is 0.635. The molecule has 0 unspecified atom stereocenters. The maximum Gasteiger partial charge on any atom is 0.130 e. The fourth-order valence-corrected chi connectivity index (χ4v) is 1.02. The van der Waals surface area contributed by atoms with Gasteiger partial charge in [0, 0.05) is 0 Å². The second-order valence-corrected chi connectivity index (χ2v) is 2.47. The number of nitrogens with zero attached hydrogens (tertiary/aromatic N) is 3. The third-order valence-corrected chi connectivity index (χ3v) is 1.58. The van der Waals surface area contributed by atoms with Crippen LogP contribution >= 0.6 is 0 Å². The van der Waals surface area contributed by atoms with Crippen LogP contribution in [0.2, 0.25) is 0 Å². The summed E-state index contributed by atoms with van der Waals surface area (Å²) < 4.78 is 0. The molecule has 0 aliphatic carbocycles. The van der Waals surface area contributed by atoms with Gasteiger partial charge in [-0.05, 0) is 29.8 Å². The molecule has 1 aromatic heterocycles. The number of hydrogen-bond acceptors (Lipinski definition) is 3. The number of aromatic nitrogens is 3. The molecule has 0 atom stereocenters. The van der Waals surface area contributed by atoms with Crippen molar-refractivity contribution in [1.82, 2.24) is 15.2 Å². The summed E-state index contributed by atoms with van der Waals surface area (Å²) in [6, 6.07) is 5.55. The largest absolute Gasteiger partial charge is 0.410 e. The van der Waals surface area contributed by atoms with Gasteiger partial charge in [0.1, 0.15) is 11.0 Å². The first-order chi connectivity index (χ1) is 5.27. The van der Waals surface area contributed by atoms with Gasteiger partial charge in [0.05, 0.1) is 0 Å². The van der Waals surface area contributed by atoms with Gasteiger partial charge < -0.3 is 5.21 Å². The predicted molar refractivity (Wildman–Crippen MR) is 39.4 cm³/mol. The van der Waals surface area contributed by atoms with Gasteiger partial charge in [-0.25, -0.2) is 0 Å². The quantitative estimate of drug-likeness (QED) is 0.568. The van der Waals surface area contributed by atoms with Crippen LogP contribution in [0.4, 0.5) is 0 Å². The maximum absolute atomic E-state index is 9.05. The molecule has 2 rings (SSSR count). The number of rotatable bonds is 0. The summed E-state index contributed by atoms with van der Waals surface area (Å²) in [5, 5.41) is 16.2. The van der Waals surface area contributed by atoms with Crippen molar-refractivity contribution in [3.63, 3.8) is 0 Å². The summed E-state index contributed by atoms with van der Waals surface area (Å²) in [6.45, 7) is 1.97. The van der Waals surface area contributed by atoms with Crippen LogP contribution in [0.3, 0.4) is 0 Å². The van der Waals surface area contributed by atoms with Crippen molar-refractivity contribution in [3.05, 3.63) is 23.8 Å². The SMILES string of the molecule is Cc1ccc2c(c1)nnn2O. The van der Waals surface area contributed by atoms with Crippen LogP contribution < -0.4 is 0 Å². The van der Waals surface area contributed by atoms with Gasteiger partial charge in [-0.3, -0.25) is 0 Å². The third-order valence-electron chi connectivity index (χ3n) is 1.58. The van der Waals surface area contributed by atoms with E-state index in [0.29, 0.717) is 11.0 Å². The molecule has 56 valence electrons. The Bertz CT molecular complexity index is 393. The molecule has 4 nitrogen and oxygen atoms in total. The zero-order chi connectivity index (χ0) is 7.84.